The van der Waals surface area contributed by atoms with E-state index in [0.717, 1.165) is 12.0 Å². The number of aromatic nitrogens is 1. The molecule has 1 heterocycles. The quantitative estimate of drug-likeness (QED) is 0.851. The minimum atomic E-state index is -0.277. The summed E-state index contributed by atoms with van der Waals surface area (Å²) in [4.78, 5) is 16.0. The highest BCUT2D eigenvalue weighted by Crippen LogP contribution is 2.16. The second kappa shape index (κ2) is 6.39. The number of carbonyl (C=O) groups excluding carboxylic acids is 1. The summed E-state index contributed by atoms with van der Waals surface area (Å²) in [5.74, 6) is -0.277. The summed E-state index contributed by atoms with van der Waals surface area (Å²) in [5.41, 5.74) is 8.63. The van der Waals surface area contributed by atoms with E-state index in [1.807, 2.05) is 18.2 Å². The lowest BCUT2D eigenvalue weighted by Crippen LogP contribution is -2.24. The van der Waals surface area contributed by atoms with Crippen molar-refractivity contribution < 1.29 is 4.79 Å². The summed E-state index contributed by atoms with van der Waals surface area (Å²) in [6, 6.07) is 9.52. The Balaban J connectivity index is 2.11. The third-order valence-corrected chi connectivity index (χ3v) is 3.34. The molecule has 0 saturated carbocycles. The number of nitrogens with zero attached hydrogens (tertiary/aromatic N) is 1. The topological polar surface area (TPSA) is 68.0 Å². The number of pyridine rings is 1. The Morgan fingerprint density at radius 3 is 2.75 bits per heavy atom. The Bertz CT molecular complexity index is 628. The SMILES string of the molecule is CCc1ccccc1CNC(=O)c1cc(N)cnc1Cl. The Kier molecular flexibility index (Phi) is 4.58. The molecule has 20 heavy (non-hydrogen) atoms. The molecular formula is C15H16ClN3O. The van der Waals surface area contributed by atoms with Gasteiger partial charge in [-0.3, -0.25) is 4.79 Å². The van der Waals surface area contributed by atoms with E-state index in [2.05, 4.69) is 23.3 Å². The third-order valence-electron chi connectivity index (χ3n) is 3.04. The van der Waals surface area contributed by atoms with Gasteiger partial charge in [0.25, 0.3) is 5.91 Å². The number of aryl methyl sites for hydroxylation is 1. The standard InChI is InChI=1S/C15H16ClN3O/c1-2-10-5-3-4-6-11(10)8-19-15(20)13-7-12(17)9-18-14(13)16/h3-7,9H,2,8,17H2,1H3,(H,19,20). The van der Waals surface area contributed by atoms with Crippen molar-refractivity contribution in [2.75, 3.05) is 5.73 Å². The highest BCUT2D eigenvalue weighted by atomic mass is 35.5. The molecule has 0 aliphatic carbocycles. The van der Waals surface area contributed by atoms with Gasteiger partial charge in [-0.05, 0) is 23.6 Å². The molecule has 0 bridgehead atoms. The number of nitrogens with one attached hydrogen (secondary N) is 1. The third kappa shape index (κ3) is 3.27. The van der Waals surface area contributed by atoms with E-state index in [-0.39, 0.29) is 11.1 Å². The van der Waals surface area contributed by atoms with Crippen LogP contribution < -0.4 is 11.1 Å². The van der Waals surface area contributed by atoms with Crippen LogP contribution in [0.25, 0.3) is 0 Å². The molecule has 104 valence electrons. The van der Waals surface area contributed by atoms with Crippen LogP contribution >= 0.6 is 11.6 Å². The van der Waals surface area contributed by atoms with Gasteiger partial charge in [0.2, 0.25) is 0 Å². The molecule has 0 atom stereocenters. The number of benzene rings is 1. The summed E-state index contributed by atoms with van der Waals surface area (Å²) in [6.07, 6.45) is 2.35. The number of nitrogens with two attached hydrogens (primary N) is 1. The number of anilines is 1. The Morgan fingerprint density at radius 1 is 1.35 bits per heavy atom. The van der Waals surface area contributed by atoms with E-state index in [1.165, 1.54) is 17.8 Å². The number of nitrogen functional groups attached to an aromatic ring is 1. The predicted molar refractivity (Wildman–Crippen MR) is 80.6 cm³/mol. The molecule has 0 aliphatic rings. The zero-order chi connectivity index (χ0) is 14.5. The molecule has 1 aromatic carbocycles. The van der Waals surface area contributed by atoms with Gasteiger partial charge in [-0.1, -0.05) is 42.8 Å². The minimum Gasteiger partial charge on any atom is -0.397 e. The maximum absolute atomic E-state index is 12.1. The van der Waals surface area contributed by atoms with Gasteiger partial charge in [-0.25, -0.2) is 4.98 Å². The molecule has 1 aromatic heterocycles. The van der Waals surface area contributed by atoms with E-state index < -0.39 is 0 Å². The van der Waals surface area contributed by atoms with Crippen molar-refractivity contribution in [2.24, 2.45) is 0 Å². The molecule has 4 nitrogen and oxygen atoms in total. The number of carbonyl (C=O) groups is 1. The summed E-state index contributed by atoms with van der Waals surface area (Å²) in [7, 11) is 0. The van der Waals surface area contributed by atoms with E-state index in [4.69, 9.17) is 17.3 Å². The van der Waals surface area contributed by atoms with Gasteiger partial charge in [0.05, 0.1) is 17.4 Å². The van der Waals surface area contributed by atoms with Gasteiger partial charge < -0.3 is 11.1 Å². The van der Waals surface area contributed by atoms with Crippen LogP contribution in [0.5, 0.6) is 0 Å². The molecule has 0 spiro atoms. The number of amides is 1. The summed E-state index contributed by atoms with van der Waals surface area (Å²) in [5, 5.41) is 2.99. The summed E-state index contributed by atoms with van der Waals surface area (Å²) < 4.78 is 0. The van der Waals surface area contributed by atoms with Crippen LogP contribution in [0.1, 0.15) is 28.4 Å². The second-order valence-electron chi connectivity index (χ2n) is 4.41. The lowest BCUT2D eigenvalue weighted by Gasteiger charge is -2.10. The summed E-state index contributed by atoms with van der Waals surface area (Å²) in [6.45, 7) is 2.54. The van der Waals surface area contributed by atoms with Gasteiger partial charge >= 0.3 is 0 Å². The molecule has 0 radical (unpaired) electrons. The molecule has 1 amide bonds. The molecule has 2 aromatic rings. The van der Waals surface area contributed by atoms with Gasteiger partial charge in [-0.2, -0.15) is 0 Å². The average Bonchev–Trinajstić information content (AvgIpc) is 2.47. The predicted octanol–water partition coefficient (Wildman–Crippen LogP) is 2.81. The fraction of sp³-hybridized carbons (Fsp3) is 0.200. The van der Waals surface area contributed by atoms with E-state index in [1.54, 1.807) is 0 Å². The van der Waals surface area contributed by atoms with E-state index in [9.17, 15) is 4.79 Å². The van der Waals surface area contributed by atoms with Crippen molar-refractivity contribution >= 4 is 23.2 Å². The highest BCUT2D eigenvalue weighted by Gasteiger charge is 2.12. The minimum absolute atomic E-state index is 0.153. The van der Waals surface area contributed by atoms with E-state index >= 15 is 0 Å². The molecule has 0 unspecified atom stereocenters. The first-order valence-corrected chi connectivity index (χ1v) is 6.75. The van der Waals surface area contributed by atoms with Crippen LogP contribution in [0.2, 0.25) is 5.15 Å². The fourth-order valence-electron chi connectivity index (χ4n) is 1.97. The van der Waals surface area contributed by atoms with Crippen molar-refractivity contribution in [3.05, 3.63) is 58.4 Å². The molecule has 3 N–H and O–H groups in total. The van der Waals surface area contributed by atoms with Crippen LogP contribution in [-0.4, -0.2) is 10.9 Å². The normalized spacial score (nSPS) is 10.3. The smallest absolute Gasteiger partial charge is 0.254 e. The monoisotopic (exact) mass is 289 g/mol. The number of hydrogen-bond acceptors (Lipinski definition) is 3. The van der Waals surface area contributed by atoms with E-state index in [0.29, 0.717) is 17.8 Å². The Labute approximate surface area is 123 Å². The van der Waals surface area contributed by atoms with Crippen LogP contribution in [0.3, 0.4) is 0 Å². The Morgan fingerprint density at radius 2 is 2.05 bits per heavy atom. The van der Waals surface area contributed by atoms with Crippen LogP contribution in [0.15, 0.2) is 36.5 Å². The first-order valence-electron chi connectivity index (χ1n) is 6.37. The van der Waals surface area contributed by atoms with Crippen LogP contribution in [0.4, 0.5) is 5.69 Å². The van der Waals surface area contributed by atoms with Crippen molar-refractivity contribution in [1.29, 1.82) is 0 Å². The largest absolute Gasteiger partial charge is 0.397 e. The highest BCUT2D eigenvalue weighted by molar-refractivity contribution is 6.32. The van der Waals surface area contributed by atoms with Crippen molar-refractivity contribution in [3.8, 4) is 0 Å². The van der Waals surface area contributed by atoms with Crippen molar-refractivity contribution in [3.63, 3.8) is 0 Å². The van der Waals surface area contributed by atoms with Gasteiger partial charge in [-0.15, -0.1) is 0 Å². The lowest BCUT2D eigenvalue weighted by atomic mass is 10.1. The summed E-state index contributed by atoms with van der Waals surface area (Å²) >= 11 is 5.90. The zero-order valence-corrected chi connectivity index (χ0v) is 11.9. The molecule has 0 fully saturated rings. The van der Waals surface area contributed by atoms with Gasteiger partial charge in [0.1, 0.15) is 5.15 Å². The number of rotatable bonds is 4. The first-order chi connectivity index (χ1) is 9.61. The van der Waals surface area contributed by atoms with Gasteiger partial charge in [0.15, 0.2) is 0 Å². The van der Waals surface area contributed by atoms with Crippen molar-refractivity contribution in [1.82, 2.24) is 10.3 Å². The number of hydrogen-bond donors (Lipinski definition) is 2. The lowest BCUT2D eigenvalue weighted by molar-refractivity contribution is 0.0950. The van der Waals surface area contributed by atoms with Crippen molar-refractivity contribution in [2.45, 2.75) is 19.9 Å². The molecule has 0 aliphatic heterocycles. The average molecular weight is 290 g/mol. The fourth-order valence-corrected chi connectivity index (χ4v) is 2.16. The molecular weight excluding hydrogens is 274 g/mol. The maximum Gasteiger partial charge on any atom is 0.254 e. The van der Waals surface area contributed by atoms with Crippen LogP contribution in [0, 0.1) is 0 Å². The number of halogens is 1. The molecule has 0 saturated heterocycles. The zero-order valence-electron chi connectivity index (χ0n) is 11.2. The second-order valence-corrected chi connectivity index (χ2v) is 4.77. The first kappa shape index (κ1) is 14.3. The maximum atomic E-state index is 12.1. The van der Waals surface area contributed by atoms with Crippen LogP contribution in [-0.2, 0) is 13.0 Å². The molecule has 2 rings (SSSR count). The van der Waals surface area contributed by atoms with Gasteiger partial charge in [0, 0.05) is 6.54 Å². The Hall–Kier alpha value is -2.07. The molecule has 5 heteroatoms.